The molecular weight excluding hydrogens is 264 g/mol. The van der Waals surface area contributed by atoms with E-state index in [2.05, 4.69) is 37.9 Å². The fourth-order valence-corrected chi connectivity index (χ4v) is 3.37. The van der Waals surface area contributed by atoms with Crippen LogP contribution in [0.1, 0.15) is 53.4 Å². The zero-order valence-electron chi connectivity index (χ0n) is 14.5. The Morgan fingerprint density at radius 1 is 1.19 bits per heavy atom. The van der Waals surface area contributed by atoms with Crippen molar-refractivity contribution in [1.82, 2.24) is 10.2 Å². The van der Waals surface area contributed by atoms with Gasteiger partial charge in [-0.05, 0) is 31.1 Å². The van der Waals surface area contributed by atoms with Crippen molar-refractivity contribution < 1.29 is 9.84 Å². The first-order valence-corrected chi connectivity index (χ1v) is 8.73. The van der Waals surface area contributed by atoms with E-state index in [0.717, 1.165) is 58.5 Å². The molecule has 126 valence electrons. The van der Waals surface area contributed by atoms with Crippen LogP contribution in [-0.4, -0.2) is 61.5 Å². The molecule has 1 aliphatic heterocycles. The van der Waals surface area contributed by atoms with Crippen molar-refractivity contribution in [2.75, 3.05) is 39.5 Å². The Labute approximate surface area is 131 Å². The van der Waals surface area contributed by atoms with E-state index in [4.69, 9.17) is 4.74 Å². The maximum Gasteiger partial charge on any atom is 0.0558 e. The molecule has 0 radical (unpaired) electrons. The van der Waals surface area contributed by atoms with Crippen LogP contribution in [0.3, 0.4) is 0 Å². The van der Waals surface area contributed by atoms with Crippen LogP contribution in [0, 0.1) is 5.41 Å². The molecule has 0 unspecified atom stereocenters. The normalized spacial score (nSPS) is 18.9. The second-order valence-electron chi connectivity index (χ2n) is 6.81. The molecular formula is C17H36N2O2. The molecule has 1 saturated heterocycles. The summed E-state index contributed by atoms with van der Waals surface area (Å²) in [7, 11) is 0. The van der Waals surface area contributed by atoms with Gasteiger partial charge in [0.15, 0.2) is 0 Å². The lowest BCUT2D eigenvalue weighted by Gasteiger charge is -2.44. The Morgan fingerprint density at radius 2 is 1.81 bits per heavy atom. The second kappa shape index (κ2) is 9.78. The average molecular weight is 300 g/mol. The zero-order chi connectivity index (χ0) is 15.7. The van der Waals surface area contributed by atoms with Crippen molar-refractivity contribution in [1.29, 1.82) is 0 Å². The van der Waals surface area contributed by atoms with Gasteiger partial charge in [0.1, 0.15) is 0 Å². The highest BCUT2D eigenvalue weighted by atomic mass is 16.5. The van der Waals surface area contributed by atoms with E-state index in [-0.39, 0.29) is 6.61 Å². The Balaban J connectivity index is 2.75. The lowest BCUT2D eigenvalue weighted by atomic mass is 9.79. The minimum Gasteiger partial charge on any atom is -0.395 e. The van der Waals surface area contributed by atoms with Gasteiger partial charge in [-0.3, -0.25) is 4.90 Å². The summed E-state index contributed by atoms with van der Waals surface area (Å²) >= 11 is 0. The van der Waals surface area contributed by atoms with Crippen LogP contribution in [0.15, 0.2) is 0 Å². The molecule has 4 heteroatoms. The van der Waals surface area contributed by atoms with Gasteiger partial charge in [0.25, 0.3) is 0 Å². The monoisotopic (exact) mass is 300 g/mol. The Morgan fingerprint density at radius 3 is 2.29 bits per heavy atom. The van der Waals surface area contributed by atoms with Crippen molar-refractivity contribution in [3.63, 3.8) is 0 Å². The van der Waals surface area contributed by atoms with Gasteiger partial charge in [0.05, 0.1) is 6.61 Å². The first kappa shape index (κ1) is 18.9. The summed E-state index contributed by atoms with van der Waals surface area (Å²) in [6, 6.07) is 1.10. The van der Waals surface area contributed by atoms with Crippen LogP contribution in [0.2, 0.25) is 0 Å². The van der Waals surface area contributed by atoms with E-state index >= 15 is 0 Å². The smallest absolute Gasteiger partial charge is 0.0558 e. The van der Waals surface area contributed by atoms with Gasteiger partial charge in [-0.25, -0.2) is 0 Å². The highest BCUT2D eigenvalue weighted by Crippen LogP contribution is 2.32. The van der Waals surface area contributed by atoms with Crippen LogP contribution < -0.4 is 5.32 Å². The third-order valence-electron chi connectivity index (χ3n) is 4.82. The molecule has 0 amide bonds. The topological polar surface area (TPSA) is 44.7 Å². The molecule has 0 bridgehead atoms. The predicted molar refractivity (Wildman–Crippen MR) is 88.7 cm³/mol. The molecule has 0 aromatic carbocycles. The van der Waals surface area contributed by atoms with E-state index < -0.39 is 0 Å². The van der Waals surface area contributed by atoms with Gasteiger partial charge in [-0.2, -0.15) is 0 Å². The summed E-state index contributed by atoms with van der Waals surface area (Å²) in [6.07, 6.45) is 4.55. The Hall–Kier alpha value is -0.160. The lowest BCUT2D eigenvalue weighted by Crippen LogP contribution is -2.51. The fraction of sp³-hybridized carbons (Fsp3) is 1.00. The van der Waals surface area contributed by atoms with Crippen LogP contribution in [0.25, 0.3) is 0 Å². The van der Waals surface area contributed by atoms with E-state index in [1.54, 1.807) is 0 Å². The minimum atomic E-state index is 0.251. The lowest BCUT2D eigenvalue weighted by molar-refractivity contribution is -0.0164. The van der Waals surface area contributed by atoms with E-state index in [1.807, 2.05) is 0 Å². The molecule has 0 atom stereocenters. The number of nitrogens with zero attached hydrogens (tertiary/aromatic N) is 1. The molecule has 0 aliphatic carbocycles. The quantitative estimate of drug-likeness (QED) is 0.649. The minimum absolute atomic E-state index is 0.251. The molecule has 0 saturated carbocycles. The largest absolute Gasteiger partial charge is 0.395 e. The number of rotatable bonds is 10. The summed E-state index contributed by atoms with van der Waals surface area (Å²) in [5.41, 5.74) is 0.292. The van der Waals surface area contributed by atoms with Crippen molar-refractivity contribution in [3.05, 3.63) is 0 Å². The fourth-order valence-electron chi connectivity index (χ4n) is 3.37. The maximum absolute atomic E-state index is 9.43. The number of hydrogen-bond donors (Lipinski definition) is 2. The maximum atomic E-state index is 9.43. The molecule has 0 aromatic heterocycles. The molecule has 21 heavy (non-hydrogen) atoms. The molecule has 2 N–H and O–H groups in total. The third kappa shape index (κ3) is 6.23. The second-order valence-corrected chi connectivity index (χ2v) is 6.81. The number of ether oxygens (including phenoxy) is 1. The first-order valence-electron chi connectivity index (χ1n) is 8.73. The van der Waals surface area contributed by atoms with Crippen LogP contribution in [0.5, 0.6) is 0 Å². The standard InChI is InChI=1S/C17H36N2O2/c1-5-16(6-2)19(9-10-20)14-17(13-18-15(3)4)7-11-21-12-8-17/h15-16,18,20H,5-14H2,1-4H3. The summed E-state index contributed by atoms with van der Waals surface area (Å²) in [5, 5.41) is 13.1. The highest BCUT2D eigenvalue weighted by Gasteiger charge is 2.35. The zero-order valence-corrected chi connectivity index (χ0v) is 14.5. The van der Waals surface area contributed by atoms with Gasteiger partial charge in [0.2, 0.25) is 0 Å². The van der Waals surface area contributed by atoms with E-state index in [0.29, 0.717) is 17.5 Å². The summed E-state index contributed by atoms with van der Waals surface area (Å²) in [4.78, 5) is 2.51. The predicted octanol–water partition coefficient (Wildman–Crippen LogP) is 2.26. The summed E-state index contributed by atoms with van der Waals surface area (Å²) < 4.78 is 5.59. The number of aliphatic hydroxyl groups is 1. The van der Waals surface area contributed by atoms with Crippen LogP contribution in [0.4, 0.5) is 0 Å². The van der Waals surface area contributed by atoms with Gasteiger partial charge in [-0.15, -0.1) is 0 Å². The molecule has 0 aromatic rings. The van der Waals surface area contributed by atoms with Crippen LogP contribution in [-0.2, 0) is 4.74 Å². The van der Waals surface area contributed by atoms with Crippen LogP contribution >= 0.6 is 0 Å². The molecule has 1 heterocycles. The van der Waals surface area contributed by atoms with Gasteiger partial charge in [-0.1, -0.05) is 27.7 Å². The average Bonchev–Trinajstić information content (AvgIpc) is 2.48. The molecule has 1 rings (SSSR count). The first-order chi connectivity index (χ1) is 10.1. The molecule has 0 spiro atoms. The van der Waals surface area contributed by atoms with Crippen molar-refractivity contribution in [2.45, 2.75) is 65.5 Å². The van der Waals surface area contributed by atoms with Crippen molar-refractivity contribution >= 4 is 0 Å². The van der Waals surface area contributed by atoms with E-state index in [9.17, 15) is 5.11 Å². The highest BCUT2D eigenvalue weighted by molar-refractivity contribution is 4.89. The molecule has 1 fully saturated rings. The Kier molecular flexibility index (Phi) is 8.79. The number of nitrogens with one attached hydrogen (secondary N) is 1. The number of hydrogen-bond acceptors (Lipinski definition) is 4. The van der Waals surface area contributed by atoms with Gasteiger partial charge in [0, 0.05) is 44.9 Å². The van der Waals surface area contributed by atoms with Gasteiger partial charge < -0.3 is 15.2 Å². The summed E-state index contributed by atoms with van der Waals surface area (Å²) in [6.45, 7) is 13.8. The summed E-state index contributed by atoms with van der Waals surface area (Å²) in [5.74, 6) is 0. The van der Waals surface area contributed by atoms with E-state index in [1.165, 1.54) is 0 Å². The SMILES string of the molecule is CCC(CC)N(CCO)CC1(CNC(C)C)CCOCC1. The Bertz CT molecular complexity index is 262. The van der Waals surface area contributed by atoms with Gasteiger partial charge >= 0.3 is 0 Å². The molecule has 1 aliphatic rings. The van der Waals surface area contributed by atoms with Crippen molar-refractivity contribution in [2.24, 2.45) is 5.41 Å². The number of aliphatic hydroxyl groups excluding tert-OH is 1. The molecule has 4 nitrogen and oxygen atoms in total. The van der Waals surface area contributed by atoms with Crippen molar-refractivity contribution in [3.8, 4) is 0 Å². The third-order valence-corrected chi connectivity index (χ3v) is 4.82.